The highest BCUT2D eigenvalue weighted by Crippen LogP contribution is 2.53. The fourth-order valence-electron chi connectivity index (χ4n) is 2.89. The quantitative estimate of drug-likeness (QED) is 0.788. The highest BCUT2D eigenvalue weighted by atomic mass is 32.2. The normalized spacial score (nSPS) is 20.4. The van der Waals surface area contributed by atoms with Gasteiger partial charge in [0.15, 0.2) is 5.82 Å². The molecule has 1 aliphatic carbocycles. The number of hydrogen-bond donors (Lipinski definition) is 2. The van der Waals surface area contributed by atoms with Crippen molar-refractivity contribution >= 4 is 16.0 Å². The Hall–Kier alpha value is -1.45. The first-order chi connectivity index (χ1) is 11.0. The lowest BCUT2D eigenvalue weighted by Gasteiger charge is -2.31. The van der Waals surface area contributed by atoms with Gasteiger partial charge in [-0.3, -0.25) is 4.72 Å². The van der Waals surface area contributed by atoms with Crippen LogP contribution in [0.1, 0.15) is 31.2 Å². The van der Waals surface area contributed by atoms with Gasteiger partial charge in [-0.15, -0.1) is 0 Å². The van der Waals surface area contributed by atoms with Crippen molar-refractivity contribution in [2.75, 3.05) is 31.0 Å². The fourth-order valence-corrected chi connectivity index (χ4v) is 4.13. The second-order valence-electron chi connectivity index (χ2n) is 6.23. The summed E-state index contributed by atoms with van der Waals surface area (Å²) in [6.45, 7) is 2.74. The van der Waals surface area contributed by atoms with Crippen LogP contribution >= 0.6 is 0 Å². The van der Waals surface area contributed by atoms with Gasteiger partial charge >= 0.3 is 10.2 Å². The van der Waals surface area contributed by atoms with Crippen molar-refractivity contribution in [3.8, 4) is 5.88 Å². The molecule has 0 atom stereocenters. The Morgan fingerprint density at radius 2 is 2.00 bits per heavy atom. The summed E-state index contributed by atoms with van der Waals surface area (Å²) in [4.78, 5) is 7.95. The molecule has 1 aromatic heterocycles. The van der Waals surface area contributed by atoms with Crippen LogP contribution in [0, 0.1) is 12.3 Å². The summed E-state index contributed by atoms with van der Waals surface area (Å²) in [5, 5.41) is 8.81. The van der Waals surface area contributed by atoms with Crippen LogP contribution < -0.4 is 9.46 Å². The van der Waals surface area contributed by atoms with Gasteiger partial charge in [0.1, 0.15) is 12.9 Å². The van der Waals surface area contributed by atoms with Crippen LogP contribution in [0.2, 0.25) is 0 Å². The maximum absolute atomic E-state index is 12.5. The standard InChI is InChI=1S/C14H22N4O4S/c1-11-12(15-10-16-13(11)22-9-8-19)17-23(20,21)18-6-4-14(2-3-14)5-7-18/h10,19H,2-9H2,1H3,(H,15,16,17). The van der Waals surface area contributed by atoms with Crippen LogP contribution in [-0.2, 0) is 10.2 Å². The highest BCUT2D eigenvalue weighted by Gasteiger charge is 2.46. The van der Waals surface area contributed by atoms with E-state index in [0.29, 0.717) is 24.1 Å². The molecule has 1 saturated carbocycles. The Balaban J connectivity index is 1.70. The average molecular weight is 342 g/mol. The fraction of sp³-hybridized carbons (Fsp3) is 0.714. The maximum Gasteiger partial charge on any atom is 0.302 e. The average Bonchev–Trinajstić information content (AvgIpc) is 3.27. The third-order valence-corrected chi connectivity index (χ3v) is 6.17. The SMILES string of the molecule is Cc1c(NS(=O)(=O)N2CCC3(CC2)CC3)ncnc1OCCO. The lowest BCUT2D eigenvalue weighted by Crippen LogP contribution is -2.42. The number of aliphatic hydroxyl groups excluding tert-OH is 1. The van der Waals surface area contributed by atoms with Gasteiger partial charge in [-0.2, -0.15) is 12.7 Å². The number of nitrogens with zero attached hydrogens (tertiary/aromatic N) is 3. The van der Waals surface area contributed by atoms with E-state index in [1.807, 2.05) is 0 Å². The Labute approximate surface area is 136 Å². The molecule has 1 aromatic rings. The molecule has 1 spiro atoms. The number of ether oxygens (including phenoxy) is 1. The zero-order chi connectivity index (χ0) is 16.5. The Morgan fingerprint density at radius 3 is 2.61 bits per heavy atom. The molecule has 2 N–H and O–H groups in total. The van der Waals surface area contributed by atoms with Crippen LogP contribution in [0.5, 0.6) is 5.88 Å². The zero-order valence-electron chi connectivity index (χ0n) is 13.2. The zero-order valence-corrected chi connectivity index (χ0v) is 14.0. The van der Waals surface area contributed by atoms with Crippen LogP contribution in [0.25, 0.3) is 0 Å². The molecular formula is C14H22N4O4S. The van der Waals surface area contributed by atoms with Gasteiger partial charge in [0.2, 0.25) is 5.88 Å². The second kappa shape index (κ2) is 6.21. The first-order valence-electron chi connectivity index (χ1n) is 7.79. The summed E-state index contributed by atoms with van der Waals surface area (Å²) in [6.07, 6.45) is 5.56. The molecular weight excluding hydrogens is 320 g/mol. The second-order valence-corrected chi connectivity index (χ2v) is 7.90. The predicted molar refractivity (Wildman–Crippen MR) is 84.4 cm³/mol. The van der Waals surface area contributed by atoms with Gasteiger partial charge in [0.05, 0.1) is 12.2 Å². The van der Waals surface area contributed by atoms with E-state index in [0.717, 1.165) is 12.8 Å². The van der Waals surface area contributed by atoms with E-state index in [9.17, 15) is 8.42 Å². The lowest BCUT2D eigenvalue weighted by molar-refractivity contribution is 0.196. The van der Waals surface area contributed by atoms with Crippen LogP contribution in [0.4, 0.5) is 5.82 Å². The molecule has 0 amide bonds. The minimum absolute atomic E-state index is 0.0955. The van der Waals surface area contributed by atoms with Gasteiger partial charge in [0.25, 0.3) is 0 Å². The van der Waals surface area contributed by atoms with Crippen molar-refractivity contribution in [3.63, 3.8) is 0 Å². The number of anilines is 1. The molecule has 8 nitrogen and oxygen atoms in total. The molecule has 0 bridgehead atoms. The first-order valence-corrected chi connectivity index (χ1v) is 9.23. The van der Waals surface area contributed by atoms with Crippen molar-refractivity contribution in [1.29, 1.82) is 0 Å². The van der Waals surface area contributed by atoms with E-state index in [4.69, 9.17) is 9.84 Å². The van der Waals surface area contributed by atoms with Crippen molar-refractivity contribution < 1.29 is 18.3 Å². The van der Waals surface area contributed by atoms with Gasteiger partial charge in [-0.25, -0.2) is 9.97 Å². The Morgan fingerprint density at radius 1 is 1.30 bits per heavy atom. The molecule has 3 rings (SSSR count). The van der Waals surface area contributed by atoms with Crippen molar-refractivity contribution in [3.05, 3.63) is 11.9 Å². The monoisotopic (exact) mass is 342 g/mol. The molecule has 23 heavy (non-hydrogen) atoms. The van der Waals surface area contributed by atoms with Crippen LogP contribution in [0.3, 0.4) is 0 Å². The minimum Gasteiger partial charge on any atom is -0.475 e. The number of aromatic nitrogens is 2. The van der Waals surface area contributed by atoms with E-state index in [2.05, 4.69) is 14.7 Å². The number of piperidine rings is 1. The molecule has 9 heteroatoms. The van der Waals surface area contributed by atoms with Crippen molar-refractivity contribution in [2.45, 2.75) is 32.6 Å². The Bertz CT molecular complexity index is 665. The van der Waals surface area contributed by atoms with Crippen LogP contribution in [0.15, 0.2) is 6.33 Å². The molecule has 1 aliphatic heterocycles. The summed E-state index contributed by atoms with van der Waals surface area (Å²) in [5.41, 5.74) is 0.919. The molecule has 0 radical (unpaired) electrons. The molecule has 128 valence electrons. The summed E-state index contributed by atoms with van der Waals surface area (Å²) in [6, 6.07) is 0. The summed E-state index contributed by atoms with van der Waals surface area (Å²) in [5.74, 6) is 0.474. The summed E-state index contributed by atoms with van der Waals surface area (Å²) in [7, 11) is -3.63. The largest absolute Gasteiger partial charge is 0.475 e. The van der Waals surface area contributed by atoms with E-state index < -0.39 is 10.2 Å². The molecule has 1 saturated heterocycles. The third kappa shape index (κ3) is 3.56. The van der Waals surface area contributed by atoms with Crippen LogP contribution in [-0.4, -0.2) is 54.1 Å². The van der Waals surface area contributed by atoms with E-state index >= 15 is 0 Å². The number of hydrogen-bond acceptors (Lipinski definition) is 6. The topological polar surface area (TPSA) is 105 Å². The Kier molecular flexibility index (Phi) is 4.43. The molecule has 2 aliphatic rings. The third-order valence-electron chi connectivity index (χ3n) is 4.67. The molecule has 0 unspecified atom stereocenters. The van der Waals surface area contributed by atoms with Crippen molar-refractivity contribution in [2.24, 2.45) is 5.41 Å². The maximum atomic E-state index is 12.5. The van der Waals surface area contributed by atoms with E-state index in [1.165, 1.54) is 23.5 Å². The number of nitrogens with one attached hydrogen (secondary N) is 1. The van der Waals surface area contributed by atoms with E-state index in [-0.39, 0.29) is 24.9 Å². The predicted octanol–water partition coefficient (Wildman–Crippen LogP) is 0.689. The molecule has 2 fully saturated rings. The van der Waals surface area contributed by atoms with Gasteiger partial charge in [-0.05, 0) is 38.0 Å². The minimum atomic E-state index is -3.63. The van der Waals surface area contributed by atoms with Gasteiger partial charge in [-0.1, -0.05) is 0 Å². The molecule has 0 aromatic carbocycles. The lowest BCUT2D eigenvalue weighted by atomic mass is 9.95. The smallest absolute Gasteiger partial charge is 0.302 e. The highest BCUT2D eigenvalue weighted by molar-refractivity contribution is 7.90. The molecule has 2 heterocycles. The summed E-state index contributed by atoms with van der Waals surface area (Å²) >= 11 is 0. The van der Waals surface area contributed by atoms with Gasteiger partial charge in [0, 0.05) is 13.1 Å². The number of aliphatic hydroxyl groups is 1. The first kappa shape index (κ1) is 16.4. The summed E-state index contributed by atoms with van der Waals surface area (Å²) < 4.78 is 34.4. The number of rotatable bonds is 6. The van der Waals surface area contributed by atoms with E-state index in [1.54, 1.807) is 6.92 Å². The van der Waals surface area contributed by atoms with Crippen molar-refractivity contribution in [1.82, 2.24) is 14.3 Å². The van der Waals surface area contributed by atoms with Gasteiger partial charge < -0.3 is 9.84 Å².